The van der Waals surface area contributed by atoms with Crippen LogP contribution in [0.3, 0.4) is 0 Å². The van der Waals surface area contributed by atoms with Gasteiger partial charge in [0.15, 0.2) is 5.78 Å². The molecule has 0 fully saturated rings. The summed E-state index contributed by atoms with van der Waals surface area (Å²) >= 11 is 0. The molecular formula is C57H102N12O12. The number of nitrogens with one attached hydrogen (secondary N) is 8. The van der Waals surface area contributed by atoms with Crippen LogP contribution in [0.5, 0.6) is 0 Å². The summed E-state index contributed by atoms with van der Waals surface area (Å²) in [6, 6.07) is 12.8. The van der Waals surface area contributed by atoms with Gasteiger partial charge in [-0.2, -0.15) is 0 Å². The second-order valence-electron chi connectivity index (χ2n) is 17.2. The first kappa shape index (κ1) is 89.6. The standard InChI is InChI=1S/C9H11NO.C8H10N2O.C6H14N2O.C6H11NO3.C6H13NO.C5H9NO2.C5H7NO.C5H11N.C4H9NO2.C3H7N/c1-8(11)10-7-9-5-3-2-4-6-9;1-7(11)10-6-8-2-4-9-5-3-8;1-6(9)7-4-5-8(2)3;1-4(9)6(3-8)7-5(2)10;1-3-4-5-7-6(2)8;1-4(7)3-6-5(2)8;1-3-4-6-5(2)7;1-5(2)6(3)4;1-4(7)5-2-3-6;1-3(2)4/h2-6H,7H2,1H3,(H,10,11);2-5H,6H2,1H3,(H,10,11);4-5H2,1-3H3,(H,7,9);6,8H,3H2,1-2H3,(H,7,10);3-5H2,1-2H3,(H,7,8);3H2,1-2H3,(H,6,8);1H,4H2,2H3,(H,6,7);1H2,2-4H3;6H,2-3H2,1H3,(H,5,7);1,4H2,2H3. The highest BCUT2D eigenvalue weighted by atomic mass is 16.3. The van der Waals surface area contributed by atoms with Crippen LogP contribution in [0.15, 0.2) is 79.4 Å². The highest BCUT2D eigenvalue weighted by Crippen LogP contribution is 1.97. The van der Waals surface area contributed by atoms with Crippen LogP contribution in [0.25, 0.3) is 0 Å². The van der Waals surface area contributed by atoms with Crippen molar-refractivity contribution in [2.75, 3.05) is 80.7 Å². The minimum absolute atomic E-state index is 0.00820. The Labute approximate surface area is 484 Å². The molecule has 24 heteroatoms. The molecule has 0 saturated heterocycles. The fraction of sp³-hybridized carbons (Fsp3) is 0.526. The highest BCUT2D eigenvalue weighted by Gasteiger charge is 2.12. The molecule has 2 aromatic rings. The number of amides is 8. The number of likely N-dealkylation sites (N-methyl/N-ethyl adjacent to an activating group) is 1. The zero-order chi connectivity index (χ0) is 64.7. The fourth-order valence-corrected chi connectivity index (χ4v) is 3.62. The Balaban J connectivity index is -0.000000123. The monoisotopic (exact) mass is 1150 g/mol. The van der Waals surface area contributed by atoms with E-state index in [-0.39, 0.29) is 78.6 Å². The summed E-state index contributed by atoms with van der Waals surface area (Å²) in [7, 11) is 7.90. The number of aliphatic hydroxyl groups excluding tert-OH is 2. The maximum absolute atomic E-state index is 10.5. The Hall–Kier alpha value is -8.01. The van der Waals surface area contributed by atoms with Crippen molar-refractivity contribution in [2.24, 2.45) is 5.73 Å². The van der Waals surface area contributed by atoms with E-state index in [0.717, 1.165) is 49.3 Å². The van der Waals surface area contributed by atoms with E-state index >= 15 is 0 Å². The molecule has 1 aromatic carbocycles. The van der Waals surface area contributed by atoms with Gasteiger partial charge in [0.25, 0.3) is 0 Å². The van der Waals surface area contributed by atoms with Crippen LogP contribution >= 0.6 is 0 Å². The second kappa shape index (κ2) is 66.3. The van der Waals surface area contributed by atoms with Gasteiger partial charge in [-0.15, -0.1) is 6.42 Å². The van der Waals surface area contributed by atoms with Gasteiger partial charge < -0.3 is 68.3 Å². The van der Waals surface area contributed by atoms with E-state index in [0.29, 0.717) is 31.9 Å². The van der Waals surface area contributed by atoms with Crippen LogP contribution in [0.1, 0.15) is 114 Å². The van der Waals surface area contributed by atoms with Crippen LogP contribution in [-0.2, 0) is 61.0 Å². The van der Waals surface area contributed by atoms with E-state index in [4.69, 9.17) is 22.4 Å². The number of rotatable bonds is 19. The molecule has 0 spiro atoms. The average Bonchev–Trinajstić information content (AvgIpc) is 3.36. The Morgan fingerprint density at radius 3 is 1.22 bits per heavy atom. The quantitative estimate of drug-likeness (QED) is 0.0706. The largest absolute Gasteiger partial charge is 0.403 e. The molecule has 0 saturated carbocycles. The smallest absolute Gasteiger partial charge is 0.217 e. The molecule has 1 heterocycles. The number of Topliss-reactive ketones (excluding diaryl/α,β-unsaturated/α-hetero) is 2. The third-order valence-electron chi connectivity index (χ3n) is 7.84. The number of nitrogens with zero attached hydrogens (tertiary/aromatic N) is 3. The lowest BCUT2D eigenvalue weighted by Crippen LogP contribution is -2.41. The predicted molar refractivity (Wildman–Crippen MR) is 322 cm³/mol. The number of pyridine rings is 1. The summed E-state index contributed by atoms with van der Waals surface area (Å²) in [5, 5.41) is 36.9. The molecule has 24 nitrogen and oxygen atoms in total. The third kappa shape index (κ3) is 112. The molecular weight excluding hydrogens is 1040 g/mol. The van der Waals surface area contributed by atoms with E-state index in [1.165, 1.54) is 69.2 Å². The molecule has 0 bridgehead atoms. The predicted octanol–water partition coefficient (Wildman–Crippen LogP) is 1.86. The van der Waals surface area contributed by atoms with Gasteiger partial charge in [-0.05, 0) is 77.2 Å². The molecule has 0 aliphatic carbocycles. The summed E-state index contributed by atoms with van der Waals surface area (Å²) in [5.41, 5.74) is 8.87. The number of carbonyl (C=O) groups is 10. The number of allylic oxidation sites excluding steroid dienone is 2. The number of hydrogen-bond donors (Lipinski definition) is 11. The summed E-state index contributed by atoms with van der Waals surface area (Å²) < 4.78 is 0. The Bertz CT molecular complexity index is 1980. The molecule has 0 radical (unpaired) electrons. The molecule has 2 rings (SSSR count). The molecule has 0 aliphatic rings. The van der Waals surface area contributed by atoms with Crippen molar-refractivity contribution < 1.29 is 58.2 Å². The maximum atomic E-state index is 10.5. The molecule has 81 heavy (non-hydrogen) atoms. The Kier molecular flexibility index (Phi) is 73.3. The van der Waals surface area contributed by atoms with Crippen molar-refractivity contribution >= 4 is 58.8 Å². The van der Waals surface area contributed by atoms with Crippen LogP contribution in [0, 0.1) is 12.3 Å². The zero-order valence-corrected chi connectivity index (χ0v) is 51.6. The number of ketones is 2. The maximum Gasteiger partial charge on any atom is 0.217 e. The molecule has 8 amide bonds. The number of unbranched alkanes of at least 4 members (excludes halogenated alkanes) is 1. The zero-order valence-electron chi connectivity index (χ0n) is 51.6. The molecule has 1 unspecified atom stereocenters. The van der Waals surface area contributed by atoms with E-state index < -0.39 is 6.04 Å². The van der Waals surface area contributed by atoms with Crippen LogP contribution < -0.4 is 48.3 Å². The second-order valence-corrected chi connectivity index (χ2v) is 17.2. The topological polar surface area (TPSA) is 353 Å². The van der Waals surface area contributed by atoms with Gasteiger partial charge in [-0.1, -0.05) is 62.8 Å². The summed E-state index contributed by atoms with van der Waals surface area (Å²) in [5.74, 6) is 1.44. The summed E-state index contributed by atoms with van der Waals surface area (Å²) in [4.78, 5) is 110. The first-order chi connectivity index (χ1) is 37.6. The number of hydrogen-bond acceptors (Lipinski definition) is 16. The van der Waals surface area contributed by atoms with Crippen LogP contribution in [0.2, 0.25) is 0 Å². The summed E-state index contributed by atoms with van der Waals surface area (Å²) in [6.07, 6.45) is 10.4. The van der Waals surface area contributed by atoms with Gasteiger partial charge in [-0.3, -0.25) is 52.9 Å². The number of carbonyl (C=O) groups excluding carboxylic acids is 10. The minimum atomic E-state index is -0.738. The summed E-state index contributed by atoms with van der Waals surface area (Å²) in [6.45, 7) is 31.3. The lowest BCUT2D eigenvalue weighted by Gasteiger charge is -2.09. The molecule has 0 aliphatic heterocycles. The average molecular weight is 1150 g/mol. The normalized spacial score (nSPS) is 8.98. The van der Waals surface area contributed by atoms with Crippen molar-refractivity contribution in [2.45, 2.75) is 122 Å². The van der Waals surface area contributed by atoms with Gasteiger partial charge in [0.1, 0.15) is 11.8 Å². The number of aliphatic hydroxyl groups is 2. The number of aromatic nitrogens is 1. The first-order valence-electron chi connectivity index (χ1n) is 25.5. The van der Waals surface area contributed by atoms with Crippen molar-refractivity contribution in [3.05, 3.63) is 90.5 Å². The van der Waals surface area contributed by atoms with Crippen LogP contribution in [0.4, 0.5) is 0 Å². The van der Waals surface area contributed by atoms with Gasteiger partial charge in [0, 0.05) is 127 Å². The van der Waals surface area contributed by atoms with Crippen molar-refractivity contribution in [1.82, 2.24) is 57.3 Å². The molecule has 1 aromatic heterocycles. The third-order valence-corrected chi connectivity index (χ3v) is 7.84. The molecule has 12 N–H and O–H groups in total. The Morgan fingerprint density at radius 2 is 0.975 bits per heavy atom. The molecule has 1 atom stereocenters. The first-order valence-corrected chi connectivity index (χ1v) is 25.5. The fourth-order valence-electron chi connectivity index (χ4n) is 3.62. The Morgan fingerprint density at radius 1 is 0.593 bits per heavy atom. The van der Waals surface area contributed by atoms with E-state index in [1.54, 1.807) is 19.3 Å². The van der Waals surface area contributed by atoms with Crippen LogP contribution in [-0.4, -0.2) is 171 Å². The van der Waals surface area contributed by atoms with Gasteiger partial charge >= 0.3 is 0 Å². The minimum Gasteiger partial charge on any atom is -0.403 e. The lowest BCUT2D eigenvalue weighted by molar-refractivity contribution is -0.126. The van der Waals surface area contributed by atoms with Crippen molar-refractivity contribution in [3.63, 3.8) is 0 Å². The van der Waals surface area contributed by atoms with Crippen molar-refractivity contribution in [3.8, 4) is 12.3 Å². The number of nitrogens with two attached hydrogens (primary N) is 1. The number of terminal acetylenes is 1. The number of benzene rings is 1. The van der Waals surface area contributed by atoms with E-state index in [2.05, 4.69) is 73.5 Å². The van der Waals surface area contributed by atoms with Gasteiger partial charge in [0.2, 0.25) is 47.3 Å². The highest BCUT2D eigenvalue weighted by molar-refractivity contribution is 5.86. The van der Waals surface area contributed by atoms with Gasteiger partial charge in [-0.25, -0.2) is 0 Å². The molecule has 462 valence electrons. The SMILES string of the molecule is C#CCNC(C)=O.C=C(C)N.C=C(C)N(C)C.CC(=O)CNC(C)=O.CC(=O)NC(CO)C(C)=O.CC(=O)NCCN(C)C.CC(=O)NCCO.CC(=O)NCc1ccccc1.CC(=O)NCc1ccncc1.CCCCNC(C)=O. The van der Waals surface area contributed by atoms with Gasteiger partial charge in [0.05, 0.1) is 26.3 Å². The van der Waals surface area contributed by atoms with Crippen molar-refractivity contribution in [1.29, 1.82) is 0 Å². The van der Waals surface area contributed by atoms with E-state index in [1.807, 2.05) is 87.4 Å². The van der Waals surface area contributed by atoms with E-state index in [9.17, 15) is 47.9 Å². The lowest BCUT2D eigenvalue weighted by atomic mass is 10.2.